The minimum atomic E-state index is -0.208. The van der Waals surface area contributed by atoms with Gasteiger partial charge in [-0.2, -0.15) is 0 Å². The summed E-state index contributed by atoms with van der Waals surface area (Å²) in [6, 6.07) is 8.33. The van der Waals surface area contributed by atoms with Crippen LogP contribution in [0.1, 0.15) is 44.1 Å². The summed E-state index contributed by atoms with van der Waals surface area (Å²) in [6.45, 7) is 7.77. The molecule has 0 bridgehead atoms. The Balaban J connectivity index is 2.62. The van der Waals surface area contributed by atoms with Gasteiger partial charge in [-0.05, 0) is 19.8 Å². The van der Waals surface area contributed by atoms with Gasteiger partial charge in [0.1, 0.15) is 0 Å². The van der Waals surface area contributed by atoms with E-state index in [0.29, 0.717) is 0 Å². The van der Waals surface area contributed by atoms with E-state index >= 15 is 0 Å². The van der Waals surface area contributed by atoms with E-state index in [9.17, 15) is 0 Å². The van der Waals surface area contributed by atoms with E-state index in [4.69, 9.17) is 9.47 Å². The van der Waals surface area contributed by atoms with Crippen molar-refractivity contribution in [1.29, 1.82) is 0 Å². The second-order valence-electron chi connectivity index (χ2n) is 3.98. The van der Waals surface area contributed by atoms with Crippen molar-refractivity contribution in [3.63, 3.8) is 0 Å². The van der Waals surface area contributed by atoms with E-state index < -0.39 is 0 Å². The molecule has 1 aromatic carbocycles. The van der Waals surface area contributed by atoms with Gasteiger partial charge in [-0.3, -0.25) is 0 Å². The van der Waals surface area contributed by atoms with Crippen LogP contribution in [0.4, 0.5) is 0 Å². The maximum atomic E-state index is 5.70. The molecule has 1 rings (SSSR count). The molecule has 0 fully saturated rings. The summed E-state index contributed by atoms with van der Waals surface area (Å²) in [5.41, 5.74) is 2.36. The van der Waals surface area contributed by atoms with E-state index in [-0.39, 0.29) is 6.29 Å². The van der Waals surface area contributed by atoms with E-state index in [2.05, 4.69) is 45.0 Å². The Morgan fingerprint density at radius 3 is 1.88 bits per heavy atom. The Bertz CT molecular complexity index is 271. The van der Waals surface area contributed by atoms with Crippen molar-refractivity contribution in [1.82, 2.24) is 0 Å². The molecular weight excluding hydrogens is 200 g/mol. The van der Waals surface area contributed by atoms with E-state index in [0.717, 1.165) is 31.6 Å². The summed E-state index contributed by atoms with van der Waals surface area (Å²) in [7, 11) is 0. The van der Waals surface area contributed by atoms with Crippen LogP contribution in [0.2, 0.25) is 0 Å². The van der Waals surface area contributed by atoms with Crippen LogP contribution in [0.25, 0.3) is 0 Å². The molecule has 0 saturated heterocycles. The quantitative estimate of drug-likeness (QED) is 0.652. The lowest BCUT2D eigenvalue weighted by Gasteiger charge is -2.18. The summed E-state index contributed by atoms with van der Waals surface area (Å²) in [6.07, 6.45) is 1.82. The lowest BCUT2D eigenvalue weighted by Crippen LogP contribution is -2.10. The predicted octanol–water partition coefficient (Wildman–Crippen LogP) is 3.85. The Morgan fingerprint density at radius 2 is 1.44 bits per heavy atom. The van der Waals surface area contributed by atoms with Crippen molar-refractivity contribution in [2.24, 2.45) is 0 Å². The molecule has 16 heavy (non-hydrogen) atoms. The van der Waals surface area contributed by atoms with Crippen LogP contribution in [0.5, 0.6) is 0 Å². The minimum absolute atomic E-state index is 0.208. The highest BCUT2D eigenvalue weighted by molar-refractivity contribution is 5.22. The first kappa shape index (κ1) is 13.2. The fourth-order valence-corrected chi connectivity index (χ4v) is 1.41. The van der Waals surface area contributed by atoms with Gasteiger partial charge in [0.15, 0.2) is 6.29 Å². The number of hydrogen-bond acceptors (Lipinski definition) is 2. The third-order valence-electron chi connectivity index (χ3n) is 2.30. The molecule has 0 aliphatic rings. The zero-order valence-electron chi connectivity index (χ0n) is 10.5. The number of benzene rings is 1. The molecule has 0 heterocycles. The number of hydrogen-bond donors (Lipinski definition) is 0. The van der Waals surface area contributed by atoms with Gasteiger partial charge in [0.25, 0.3) is 0 Å². The highest BCUT2D eigenvalue weighted by Crippen LogP contribution is 2.19. The Labute approximate surface area is 98.6 Å². The van der Waals surface area contributed by atoms with Crippen LogP contribution in [0.15, 0.2) is 24.3 Å². The fourth-order valence-electron chi connectivity index (χ4n) is 1.41. The Kier molecular flexibility index (Phi) is 6.12. The average Bonchev–Trinajstić information content (AvgIpc) is 2.31. The van der Waals surface area contributed by atoms with Gasteiger partial charge in [0, 0.05) is 18.8 Å². The van der Waals surface area contributed by atoms with Crippen LogP contribution in [0, 0.1) is 6.92 Å². The largest absolute Gasteiger partial charge is 0.348 e. The van der Waals surface area contributed by atoms with Gasteiger partial charge in [0.2, 0.25) is 0 Å². The first-order valence-corrected chi connectivity index (χ1v) is 6.07. The molecule has 0 spiro atoms. The average molecular weight is 222 g/mol. The molecule has 0 unspecified atom stereocenters. The molecule has 90 valence electrons. The summed E-state index contributed by atoms with van der Waals surface area (Å²) >= 11 is 0. The molecule has 0 aliphatic heterocycles. The lowest BCUT2D eigenvalue weighted by molar-refractivity contribution is -0.146. The highest BCUT2D eigenvalue weighted by atomic mass is 16.7. The zero-order chi connectivity index (χ0) is 11.8. The second kappa shape index (κ2) is 7.42. The third kappa shape index (κ3) is 4.33. The minimum Gasteiger partial charge on any atom is -0.348 e. The molecule has 1 aromatic rings. The highest BCUT2D eigenvalue weighted by Gasteiger charge is 2.11. The van der Waals surface area contributed by atoms with Gasteiger partial charge in [-0.1, -0.05) is 43.7 Å². The van der Waals surface area contributed by atoms with Gasteiger partial charge in [-0.15, -0.1) is 0 Å². The van der Waals surface area contributed by atoms with Crippen molar-refractivity contribution < 1.29 is 9.47 Å². The van der Waals surface area contributed by atoms with E-state index in [1.165, 1.54) is 5.56 Å². The zero-order valence-corrected chi connectivity index (χ0v) is 10.5. The molecule has 0 N–H and O–H groups in total. The Morgan fingerprint density at radius 1 is 0.938 bits per heavy atom. The normalized spacial score (nSPS) is 11.0. The SMILES string of the molecule is CCCOC(OCCC)c1ccc(C)cc1. The van der Waals surface area contributed by atoms with Gasteiger partial charge in [0.05, 0.1) is 0 Å². The fraction of sp³-hybridized carbons (Fsp3) is 0.571. The van der Waals surface area contributed by atoms with Crippen molar-refractivity contribution in [3.8, 4) is 0 Å². The smallest absolute Gasteiger partial charge is 0.183 e. The number of rotatable bonds is 7. The maximum Gasteiger partial charge on any atom is 0.183 e. The summed E-state index contributed by atoms with van der Waals surface area (Å²) in [5.74, 6) is 0. The van der Waals surface area contributed by atoms with E-state index in [1.54, 1.807) is 0 Å². The first-order chi connectivity index (χ1) is 7.77. The molecule has 0 aliphatic carbocycles. The van der Waals surface area contributed by atoms with Crippen LogP contribution in [-0.2, 0) is 9.47 Å². The van der Waals surface area contributed by atoms with Gasteiger partial charge < -0.3 is 9.47 Å². The monoisotopic (exact) mass is 222 g/mol. The molecule has 2 nitrogen and oxygen atoms in total. The second-order valence-corrected chi connectivity index (χ2v) is 3.98. The topological polar surface area (TPSA) is 18.5 Å². The first-order valence-electron chi connectivity index (χ1n) is 6.07. The van der Waals surface area contributed by atoms with Crippen molar-refractivity contribution in [2.75, 3.05) is 13.2 Å². The van der Waals surface area contributed by atoms with E-state index in [1.807, 2.05) is 0 Å². The van der Waals surface area contributed by atoms with Crippen LogP contribution < -0.4 is 0 Å². The molecule has 2 heteroatoms. The summed E-state index contributed by atoms with van der Waals surface area (Å²) in [4.78, 5) is 0. The predicted molar refractivity (Wildman–Crippen MR) is 66.4 cm³/mol. The molecular formula is C14H22O2. The number of aryl methyl sites for hydroxylation is 1. The van der Waals surface area contributed by atoms with Crippen molar-refractivity contribution >= 4 is 0 Å². The third-order valence-corrected chi connectivity index (χ3v) is 2.30. The van der Waals surface area contributed by atoms with Gasteiger partial charge in [-0.25, -0.2) is 0 Å². The number of ether oxygens (including phenoxy) is 2. The summed E-state index contributed by atoms with van der Waals surface area (Å²) < 4.78 is 11.4. The van der Waals surface area contributed by atoms with Crippen molar-refractivity contribution in [2.45, 2.75) is 39.9 Å². The molecule has 0 aromatic heterocycles. The standard InChI is InChI=1S/C14H22O2/c1-4-10-15-14(16-11-5-2)13-8-6-12(3)7-9-13/h6-9,14H,4-5,10-11H2,1-3H3. The van der Waals surface area contributed by atoms with Crippen LogP contribution in [0.3, 0.4) is 0 Å². The Hall–Kier alpha value is -0.860. The molecule has 0 radical (unpaired) electrons. The van der Waals surface area contributed by atoms with Crippen LogP contribution >= 0.6 is 0 Å². The van der Waals surface area contributed by atoms with Gasteiger partial charge >= 0.3 is 0 Å². The molecule has 0 atom stereocenters. The summed E-state index contributed by atoms with van der Waals surface area (Å²) in [5, 5.41) is 0. The lowest BCUT2D eigenvalue weighted by atomic mass is 10.1. The molecule has 0 amide bonds. The van der Waals surface area contributed by atoms with Crippen molar-refractivity contribution in [3.05, 3.63) is 35.4 Å². The molecule has 0 saturated carbocycles. The maximum absolute atomic E-state index is 5.70. The van der Waals surface area contributed by atoms with Crippen LogP contribution in [-0.4, -0.2) is 13.2 Å².